The van der Waals surface area contributed by atoms with Crippen molar-refractivity contribution >= 4 is 11.9 Å². The number of rotatable bonds is 10. The molecule has 6 nitrogen and oxygen atoms in total. The summed E-state index contributed by atoms with van der Waals surface area (Å²) in [6.45, 7) is 7.36. The predicted molar refractivity (Wildman–Crippen MR) is 174 cm³/mol. The SMILES string of the molecule is CCOC(=O)C1=C(C)NC(C)=C(C(=O)OCCCN2CCC(c3ccccc3)(c3ccccc3)CC2)C1c1ccccc1C(F)(F)F. The van der Waals surface area contributed by atoms with Gasteiger partial charge in [-0.15, -0.1) is 0 Å². The lowest BCUT2D eigenvalue weighted by Crippen LogP contribution is -2.43. The minimum absolute atomic E-state index is 0.0278. The molecule has 1 unspecified atom stereocenters. The Hall–Kier alpha value is -4.37. The number of dihydropyridines is 1. The molecule has 5 rings (SSSR count). The summed E-state index contributed by atoms with van der Waals surface area (Å²) in [5, 5.41) is 3.00. The highest BCUT2D eigenvalue weighted by atomic mass is 19.4. The first-order valence-corrected chi connectivity index (χ1v) is 16.1. The molecule has 1 saturated heterocycles. The Kier molecular flexibility index (Phi) is 10.5. The highest BCUT2D eigenvalue weighted by molar-refractivity contribution is 6.00. The summed E-state index contributed by atoms with van der Waals surface area (Å²) in [4.78, 5) is 29.1. The van der Waals surface area contributed by atoms with Gasteiger partial charge >= 0.3 is 18.1 Å². The van der Waals surface area contributed by atoms with Gasteiger partial charge in [-0.3, -0.25) is 0 Å². The van der Waals surface area contributed by atoms with Crippen LogP contribution in [-0.2, 0) is 30.7 Å². The van der Waals surface area contributed by atoms with E-state index in [2.05, 4.69) is 58.7 Å². The predicted octanol–water partition coefficient (Wildman–Crippen LogP) is 7.52. The van der Waals surface area contributed by atoms with Crippen molar-refractivity contribution in [3.8, 4) is 0 Å². The first-order chi connectivity index (χ1) is 22.6. The topological polar surface area (TPSA) is 67.9 Å². The third-order valence-corrected chi connectivity index (χ3v) is 9.27. The summed E-state index contributed by atoms with van der Waals surface area (Å²) in [5.41, 5.74) is 1.97. The molecule has 0 aliphatic carbocycles. The zero-order valence-corrected chi connectivity index (χ0v) is 27.0. The van der Waals surface area contributed by atoms with Crippen LogP contribution in [0, 0.1) is 0 Å². The molecule has 0 amide bonds. The number of benzene rings is 3. The fraction of sp³-hybridized carbons (Fsp3) is 0.368. The molecule has 9 heteroatoms. The van der Waals surface area contributed by atoms with Crippen LogP contribution in [0.1, 0.15) is 68.2 Å². The first kappa shape index (κ1) is 34.0. The lowest BCUT2D eigenvalue weighted by molar-refractivity contribution is -0.142. The van der Waals surface area contributed by atoms with E-state index in [0.717, 1.165) is 32.0 Å². The summed E-state index contributed by atoms with van der Waals surface area (Å²) in [5.74, 6) is -2.87. The summed E-state index contributed by atoms with van der Waals surface area (Å²) in [7, 11) is 0. The second kappa shape index (κ2) is 14.6. The molecule has 0 spiro atoms. The van der Waals surface area contributed by atoms with E-state index in [1.807, 2.05) is 12.1 Å². The minimum atomic E-state index is -4.70. The molecule has 0 aromatic heterocycles. The molecule has 1 N–H and O–H groups in total. The van der Waals surface area contributed by atoms with Crippen LogP contribution < -0.4 is 5.32 Å². The Labute approximate surface area is 274 Å². The fourth-order valence-corrected chi connectivity index (χ4v) is 7.01. The van der Waals surface area contributed by atoms with Gasteiger partial charge in [0.25, 0.3) is 0 Å². The molecule has 2 heterocycles. The molecule has 248 valence electrons. The Morgan fingerprint density at radius 1 is 0.809 bits per heavy atom. The highest BCUT2D eigenvalue weighted by Gasteiger charge is 2.43. The summed E-state index contributed by atoms with van der Waals surface area (Å²) in [6, 6.07) is 26.2. The second-order valence-electron chi connectivity index (χ2n) is 12.1. The summed E-state index contributed by atoms with van der Waals surface area (Å²) in [6.07, 6.45) is -2.26. The number of allylic oxidation sites excluding steroid dienone is 2. The van der Waals surface area contributed by atoms with E-state index in [9.17, 15) is 22.8 Å². The van der Waals surface area contributed by atoms with E-state index >= 15 is 0 Å². The van der Waals surface area contributed by atoms with Gasteiger partial charge in [0, 0.05) is 23.4 Å². The van der Waals surface area contributed by atoms with Crippen molar-refractivity contribution in [3.63, 3.8) is 0 Å². The first-order valence-electron chi connectivity index (χ1n) is 16.1. The van der Waals surface area contributed by atoms with Gasteiger partial charge in [-0.1, -0.05) is 78.9 Å². The minimum Gasteiger partial charge on any atom is -0.463 e. The molecule has 2 aliphatic rings. The quantitative estimate of drug-likeness (QED) is 0.182. The van der Waals surface area contributed by atoms with Gasteiger partial charge in [0.2, 0.25) is 0 Å². The number of carbonyl (C=O) groups is 2. The number of alkyl halides is 3. The molecular formula is C38H41F3N2O4. The molecule has 47 heavy (non-hydrogen) atoms. The van der Waals surface area contributed by atoms with Crippen LogP contribution in [0.25, 0.3) is 0 Å². The van der Waals surface area contributed by atoms with Gasteiger partial charge in [0.15, 0.2) is 0 Å². The molecule has 1 fully saturated rings. The van der Waals surface area contributed by atoms with Crippen molar-refractivity contribution in [3.05, 3.63) is 130 Å². The number of nitrogens with zero attached hydrogens (tertiary/aromatic N) is 1. The number of hydrogen-bond acceptors (Lipinski definition) is 6. The molecule has 0 bridgehead atoms. The number of halogens is 3. The second-order valence-corrected chi connectivity index (χ2v) is 12.1. The van der Waals surface area contributed by atoms with Crippen LogP contribution in [-0.4, -0.2) is 49.7 Å². The molecule has 2 aliphatic heterocycles. The third-order valence-electron chi connectivity index (χ3n) is 9.27. The number of esters is 2. The zero-order chi connectivity index (χ0) is 33.6. The van der Waals surface area contributed by atoms with Gasteiger partial charge < -0.3 is 19.7 Å². The van der Waals surface area contributed by atoms with Crippen LogP contribution in [0.2, 0.25) is 0 Å². The van der Waals surface area contributed by atoms with Crippen molar-refractivity contribution in [1.82, 2.24) is 10.2 Å². The summed E-state index contributed by atoms with van der Waals surface area (Å²) < 4.78 is 53.5. The summed E-state index contributed by atoms with van der Waals surface area (Å²) >= 11 is 0. The standard InChI is InChI=1S/C38H41F3N2O4/c1-4-46-35(44)32-26(2)42-27(3)33(34(32)30-18-11-12-19-31(30)38(39,40)41)36(45)47-25-13-22-43-23-20-37(21-24-43,28-14-7-5-8-15-28)29-16-9-6-10-17-29/h5-12,14-19,34,42H,4,13,20-25H2,1-3H3. The Bertz CT molecular complexity index is 1580. The van der Waals surface area contributed by atoms with E-state index in [0.29, 0.717) is 24.4 Å². The maximum absolute atomic E-state index is 14.2. The van der Waals surface area contributed by atoms with Crippen molar-refractivity contribution in [2.24, 2.45) is 0 Å². The zero-order valence-electron chi connectivity index (χ0n) is 27.0. The van der Waals surface area contributed by atoms with Crippen LogP contribution in [0.5, 0.6) is 0 Å². The number of carbonyl (C=O) groups excluding carboxylic acids is 2. The molecule has 1 atom stereocenters. The largest absolute Gasteiger partial charge is 0.463 e. The average Bonchev–Trinajstić information content (AvgIpc) is 3.07. The molecule has 3 aromatic carbocycles. The molecular weight excluding hydrogens is 605 g/mol. The lowest BCUT2D eigenvalue weighted by atomic mass is 9.68. The van der Waals surface area contributed by atoms with Gasteiger partial charge in [-0.05, 0) is 75.9 Å². The van der Waals surface area contributed by atoms with Gasteiger partial charge in [0.05, 0.1) is 35.8 Å². The Balaban J connectivity index is 1.28. The third kappa shape index (κ3) is 7.30. The van der Waals surface area contributed by atoms with Crippen molar-refractivity contribution in [2.45, 2.75) is 57.5 Å². The Morgan fingerprint density at radius 3 is 1.85 bits per heavy atom. The number of likely N-dealkylation sites (tertiary alicyclic amines) is 1. The smallest absolute Gasteiger partial charge is 0.416 e. The molecule has 3 aromatic rings. The van der Waals surface area contributed by atoms with Crippen LogP contribution in [0.3, 0.4) is 0 Å². The molecule has 0 radical (unpaired) electrons. The highest BCUT2D eigenvalue weighted by Crippen LogP contribution is 2.45. The van der Waals surface area contributed by atoms with Crippen molar-refractivity contribution < 1.29 is 32.2 Å². The van der Waals surface area contributed by atoms with Crippen molar-refractivity contribution in [1.29, 1.82) is 0 Å². The monoisotopic (exact) mass is 646 g/mol. The number of piperidine rings is 1. The average molecular weight is 647 g/mol. The van der Waals surface area contributed by atoms with E-state index in [4.69, 9.17) is 9.47 Å². The van der Waals surface area contributed by atoms with Gasteiger partial charge in [0.1, 0.15) is 0 Å². The van der Waals surface area contributed by atoms with Crippen LogP contribution >= 0.6 is 0 Å². The fourth-order valence-electron chi connectivity index (χ4n) is 7.01. The van der Waals surface area contributed by atoms with E-state index < -0.39 is 29.6 Å². The maximum Gasteiger partial charge on any atom is 0.416 e. The maximum atomic E-state index is 14.2. The normalized spacial score (nSPS) is 18.5. The van der Waals surface area contributed by atoms with Crippen LogP contribution in [0.15, 0.2) is 107 Å². The van der Waals surface area contributed by atoms with E-state index in [-0.39, 0.29) is 35.3 Å². The number of hydrogen-bond donors (Lipinski definition) is 1. The molecule has 0 saturated carbocycles. The van der Waals surface area contributed by atoms with E-state index in [1.54, 1.807) is 20.8 Å². The van der Waals surface area contributed by atoms with E-state index in [1.165, 1.54) is 29.3 Å². The van der Waals surface area contributed by atoms with Gasteiger partial charge in [-0.2, -0.15) is 13.2 Å². The van der Waals surface area contributed by atoms with Crippen molar-refractivity contribution in [2.75, 3.05) is 32.8 Å². The van der Waals surface area contributed by atoms with Gasteiger partial charge in [-0.25, -0.2) is 9.59 Å². The number of nitrogens with one attached hydrogen (secondary N) is 1. The van der Waals surface area contributed by atoms with Crippen LogP contribution in [0.4, 0.5) is 13.2 Å². The Morgan fingerprint density at radius 2 is 1.32 bits per heavy atom. The lowest BCUT2D eigenvalue weighted by Gasteiger charge is -2.43. The number of ether oxygens (including phenoxy) is 2.